The molecule has 26 heavy (non-hydrogen) atoms. The number of hydroxylamine groups is 2. The highest BCUT2D eigenvalue weighted by Crippen LogP contribution is 2.31. The number of nitrogens with one attached hydrogen (secondary N) is 2. The van der Waals surface area contributed by atoms with Crippen LogP contribution in [0.5, 0.6) is 5.75 Å². The number of carbonyl (C=O) groups is 2. The Balaban J connectivity index is 2.86. The van der Waals surface area contributed by atoms with Crippen LogP contribution in [0.15, 0.2) is 24.3 Å². The third-order valence-corrected chi connectivity index (χ3v) is 3.30. The van der Waals surface area contributed by atoms with E-state index in [-0.39, 0.29) is 18.3 Å². The molecule has 9 heteroatoms. The molecule has 0 heterocycles. The van der Waals surface area contributed by atoms with Crippen LogP contribution in [0.25, 0.3) is 0 Å². The van der Waals surface area contributed by atoms with Crippen molar-refractivity contribution >= 4 is 11.9 Å². The molecule has 0 aliphatic carbocycles. The van der Waals surface area contributed by atoms with Crippen molar-refractivity contribution in [2.45, 2.75) is 52.4 Å². The molecule has 0 unspecified atom stereocenters. The Morgan fingerprint density at radius 3 is 2.35 bits per heavy atom. The van der Waals surface area contributed by atoms with Crippen LogP contribution in [0.2, 0.25) is 0 Å². The predicted molar refractivity (Wildman–Crippen MR) is 90.3 cm³/mol. The highest BCUT2D eigenvalue weighted by atomic mass is 19.4. The smallest absolute Gasteiger partial charge is 0.375 e. The summed E-state index contributed by atoms with van der Waals surface area (Å²) in [4.78, 5) is 29.7. The molecule has 0 fully saturated rings. The summed E-state index contributed by atoms with van der Waals surface area (Å²) in [5.41, 5.74) is -2.12. The van der Waals surface area contributed by atoms with Crippen LogP contribution in [0.1, 0.15) is 40.2 Å². The largest absolute Gasteiger partial charge is 0.416 e. The number of halogens is 3. The monoisotopic (exact) mass is 375 g/mol. The highest BCUT2D eigenvalue weighted by Gasteiger charge is 2.33. The fourth-order valence-corrected chi connectivity index (χ4v) is 1.94. The van der Waals surface area contributed by atoms with Crippen molar-refractivity contribution < 1.29 is 27.6 Å². The first-order valence-electron chi connectivity index (χ1n) is 8.12. The predicted octanol–water partition coefficient (Wildman–Crippen LogP) is 3.33. The van der Waals surface area contributed by atoms with Crippen molar-refractivity contribution in [3.63, 3.8) is 0 Å². The molecule has 146 valence electrons. The summed E-state index contributed by atoms with van der Waals surface area (Å²) >= 11 is 0. The van der Waals surface area contributed by atoms with Crippen LogP contribution < -0.4 is 15.5 Å². The van der Waals surface area contributed by atoms with Gasteiger partial charge >= 0.3 is 12.2 Å². The molecule has 0 aliphatic heterocycles. The molecule has 1 rings (SSSR count). The Hall–Kier alpha value is -2.45. The van der Waals surface area contributed by atoms with Gasteiger partial charge in [0.15, 0.2) is 5.75 Å². The van der Waals surface area contributed by atoms with Crippen LogP contribution in [-0.2, 0) is 11.0 Å². The van der Waals surface area contributed by atoms with E-state index in [9.17, 15) is 22.8 Å². The maximum Gasteiger partial charge on any atom is 0.416 e. The third kappa shape index (κ3) is 6.12. The maximum atomic E-state index is 12.8. The van der Waals surface area contributed by atoms with E-state index in [0.717, 1.165) is 17.2 Å². The molecule has 0 bridgehead atoms. The van der Waals surface area contributed by atoms with Crippen molar-refractivity contribution in [2.24, 2.45) is 0 Å². The van der Waals surface area contributed by atoms with E-state index in [1.807, 2.05) is 0 Å². The number of hydrogen-bond acceptors (Lipinski definition) is 3. The van der Waals surface area contributed by atoms with E-state index >= 15 is 0 Å². The zero-order valence-electron chi connectivity index (χ0n) is 15.4. The van der Waals surface area contributed by atoms with Crippen LogP contribution in [-0.4, -0.2) is 35.1 Å². The molecule has 0 saturated heterocycles. The molecule has 0 saturated carbocycles. The Bertz CT molecular complexity index is 646. The number of alkyl halides is 3. The van der Waals surface area contributed by atoms with Crippen LogP contribution in [0.3, 0.4) is 0 Å². The minimum absolute atomic E-state index is 0.0595. The molecule has 1 aromatic carbocycles. The number of urea groups is 1. The molecule has 1 aromatic rings. The van der Waals surface area contributed by atoms with Gasteiger partial charge in [0.05, 0.1) is 12.1 Å². The first kappa shape index (κ1) is 21.6. The van der Waals surface area contributed by atoms with Crippen LogP contribution in [0.4, 0.5) is 18.0 Å². The lowest BCUT2D eigenvalue weighted by Gasteiger charge is -2.29. The van der Waals surface area contributed by atoms with Gasteiger partial charge in [0.2, 0.25) is 5.91 Å². The van der Waals surface area contributed by atoms with Crippen LogP contribution in [0, 0.1) is 0 Å². The summed E-state index contributed by atoms with van der Waals surface area (Å²) in [6, 6.07) is 3.34. The number of benzene rings is 1. The number of rotatable bonds is 6. The molecule has 0 aliphatic rings. The van der Waals surface area contributed by atoms with Gasteiger partial charge in [-0.05, 0) is 52.8 Å². The van der Waals surface area contributed by atoms with Crippen molar-refractivity contribution in [3.05, 3.63) is 29.8 Å². The minimum Gasteiger partial charge on any atom is -0.375 e. The molecule has 0 atom stereocenters. The first-order chi connectivity index (χ1) is 11.9. The third-order valence-electron chi connectivity index (χ3n) is 3.30. The first-order valence-corrected chi connectivity index (χ1v) is 8.12. The van der Waals surface area contributed by atoms with Gasteiger partial charge in [-0.3, -0.25) is 4.79 Å². The Morgan fingerprint density at radius 1 is 1.23 bits per heavy atom. The van der Waals surface area contributed by atoms with E-state index in [1.165, 1.54) is 26.0 Å². The van der Waals surface area contributed by atoms with E-state index in [2.05, 4.69) is 10.6 Å². The van der Waals surface area contributed by atoms with Gasteiger partial charge in [0, 0.05) is 6.04 Å². The molecular formula is C17H24F3N3O3. The zero-order chi connectivity index (χ0) is 20.1. The molecular weight excluding hydrogens is 351 g/mol. The Labute approximate surface area is 150 Å². The van der Waals surface area contributed by atoms with Gasteiger partial charge in [0.25, 0.3) is 0 Å². The summed E-state index contributed by atoms with van der Waals surface area (Å²) in [6.45, 7) is 8.25. The second-order valence-corrected chi connectivity index (χ2v) is 6.49. The van der Waals surface area contributed by atoms with Crippen LogP contribution >= 0.6 is 0 Å². The fraction of sp³-hybridized carbons (Fsp3) is 0.529. The number of nitrogens with zero attached hydrogens (tertiary/aromatic N) is 1. The van der Waals surface area contributed by atoms with Crippen molar-refractivity contribution in [1.29, 1.82) is 0 Å². The lowest BCUT2D eigenvalue weighted by atomic mass is 10.0. The number of carbonyl (C=O) groups excluding carboxylic acids is 2. The summed E-state index contributed by atoms with van der Waals surface area (Å²) in [7, 11) is 0. The second kappa shape index (κ2) is 8.29. The Kier molecular flexibility index (Phi) is 6.88. The van der Waals surface area contributed by atoms with E-state index in [4.69, 9.17) is 4.84 Å². The van der Waals surface area contributed by atoms with E-state index in [0.29, 0.717) is 0 Å². The molecule has 0 aromatic heterocycles. The average Bonchev–Trinajstić information content (AvgIpc) is 2.50. The topological polar surface area (TPSA) is 70.7 Å². The quantitative estimate of drug-likeness (QED) is 0.750. The summed E-state index contributed by atoms with van der Waals surface area (Å²) in [5.74, 6) is -0.530. The lowest BCUT2D eigenvalue weighted by molar-refractivity contribution is -0.138. The van der Waals surface area contributed by atoms with E-state index < -0.39 is 29.2 Å². The van der Waals surface area contributed by atoms with Crippen molar-refractivity contribution in [3.8, 4) is 5.75 Å². The van der Waals surface area contributed by atoms with E-state index in [1.54, 1.807) is 20.8 Å². The molecule has 0 radical (unpaired) electrons. The second-order valence-electron chi connectivity index (χ2n) is 6.49. The van der Waals surface area contributed by atoms with Gasteiger partial charge in [-0.25, -0.2) is 4.79 Å². The van der Waals surface area contributed by atoms with Crippen molar-refractivity contribution in [2.75, 3.05) is 6.54 Å². The van der Waals surface area contributed by atoms with Gasteiger partial charge in [-0.2, -0.15) is 18.2 Å². The standard InChI is InChI=1S/C17H24F3N3O3/c1-6-23(15(25)22-16(4,5)14(24)21-11(2)3)26-13-9-7-8-12(10-13)17(18,19)20/h7-11H,6H2,1-5H3,(H,21,24)(H,22,25). The number of amides is 3. The zero-order valence-corrected chi connectivity index (χ0v) is 15.4. The van der Waals surface area contributed by atoms with Gasteiger partial charge < -0.3 is 15.5 Å². The summed E-state index contributed by atoms with van der Waals surface area (Å²) < 4.78 is 38.3. The lowest BCUT2D eigenvalue weighted by Crippen LogP contribution is -2.59. The summed E-state index contributed by atoms with van der Waals surface area (Å²) in [5, 5.41) is 6.03. The maximum absolute atomic E-state index is 12.8. The molecule has 3 amide bonds. The molecule has 2 N–H and O–H groups in total. The molecule has 6 nitrogen and oxygen atoms in total. The fourth-order valence-electron chi connectivity index (χ4n) is 1.94. The minimum atomic E-state index is -4.52. The molecule has 0 spiro atoms. The SMILES string of the molecule is CCN(Oc1cccc(C(F)(F)F)c1)C(=O)NC(C)(C)C(=O)NC(C)C. The van der Waals surface area contributed by atoms with Gasteiger partial charge in [-0.1, -0.05) is 6.07 Å². The Morgan fingerprint density at radius 2 is 1.85 bits per heavy atom. The normalized spacial score (nSPS) is 11.9. The summed E-state index contributed by atoms with van der Waals surface area (Å²) in [6.07, 6.45) is -4.52. The van der Waals surface area contributed by atoms with Gasteiger partial charge in [0.1, 0.15) is 5.54 Å². The number of hydrogen-bond donors (Lipinski definition) is 2. The average molecular weight is 375 g/mol. The van der Waals surface area contributed by atoms with Gasteiger partial charge in [-0.15, -0.1) is 0 Å². The highest BCUT2D eigenvalue weighted by molar-refractivity contribution is 5.90. The van der Waals surface area contributed by atoms with Crippen molar-refractivity contribution in [1.82, 2.24) is 15.7 Å².